The van der Waals surface area contributed by atoms with Crippen molar-refractivity contribution in [3.63, 3.8) is 0 Å². The molecule has 0 heterocycles. The Morgan fingerprint density at radius 1 is 1.00 bits per heavy atom. The van der Waals surface area contributed by atoms with Gasteiger partial charge in [-0.15, -0.1) is 0 Å². The smallest absolute Gasteiger partial charge is 0.251 e. The summed E-state index contributed by atoms with van der Waals surface area (Å²) in [6.45, 7) is 1.01. The van der Waals surface area contributed by atoms with Gasteiger partial charge in [-0.25, -0.2) is 0 Å². The Hall–Kier alpha value is -1.02. The minimum absolute atomic E-state index is 0.773. The lowest BCUT2D eigenvalue weighted by Crippen LogP contribution is -2.51. The topological polar surface area (TPSA) is 127 Å². The zero-order chi connectivity index (χ0) is 12.2. The van der Waals surface area contributed by atoms with E-state index in [1.54, 1.807) is 0 Å². The highest BCUT2D eigenvalue weighted by molar-refractivity contribution is 5.82. The molecule has 0 radical (unpaired) electrons. The standard InChI is InChI=1S/C8H15NO6/c1-3(10)4(11)5(12)6(13)7(14)8(15)9-2/h4-7,11-14H,1-2H3,(H,9,15)/t4-,5-,6+,7-/m0/s1. The predicted octanol–water partition coefficient (Wildman–Crippen LogP) is -3.23. The van der Waals surface area contributed by atoms with E-state index in [-0.39, 0.29) is 0 Å². The van der Waals surface area contributed by atoms with E-state index in [1.165, 1.54) is 7.05 Å². The molecular formula is C8H15NO6. The summed E-state index contributed by atoms with van der Waals surface area (Å²) in [4.78, 5) is 21.5. The Bertz CT molecular complexity index is 243. The molecule has 0 bridgehead atoms. The molecule has 0 aromatic heterocycles. The van der Waals surface area contributed by atoms with Gasteiger partial charge in [-0.1, -0.05) is 0 Å². The number of amides is 1. The second-order valence-electron chi connectivity index (χ2n) is 3.10. The predicted molar refractivity (Wildman–Crippen MR) is 48.8 cm³/mol. The highest BCUT2D eigenvalue weighted by atomic mass is 16.4. The van der Waals surface area contributed by atoms with E-state index in [0.717, 1.165) is 6.92 Å². The third-order valence-corrected chi connectivity index (χ3v) is 1.93. The van der Waals surface area contributed by atoms with Crippen molar-refractivity contribution in [3.05, 3.63) is 0 Å². The average molecular weight is 221 g/mol. The zero-order valence-electron chi connectivity index (χ0n) is 8.41. The molecule has 0 aliphatic carbocycles. The van der Waals surface area contributed by atoms with Crippen LogP contribution < -0.4 is 5.32 Å². The molecular weight excluding hydrogens is 206 g/mol. The first-order chi connectivity index (χ1) is 6.82. The Kier molecular flexibility index (Phi) is 5.37. The zero-order valence-corrected chi connectivity index (χ0v) is 8.41. The van der Waals surface area contributed by atoms with E-state index >= 15 is 0 Å². The van der Waals surface area contributed by atoms with Crippen LogP contribution in [0.2, 0.25) is 0 Å². The lowest BCUT2D eigenvalue weighted by atomic mass is 10.0. The van der Waals surface area contributed by atoms with Crippen LogP contribution in [0, 0.1) is 0 Å². The lowest BCUT2D eigenvalue weighted by molar-refractivity contribution is -0.153. The van der Waals surface area contributed by atoms with Gasteiger partial charge < -0.3 is 25.7 Å². The quantitative estimate of drug-likeness (QED) is 0.332. The van der Waals surface area contributed by atoms with Crippen LogP contribution in [0.3, 0.4) is 0 Å². The van der Waals surface area contributed by atoms with Crippen LogP contribution in [0.4, 0.5) is 0 Å². The number of likely N-dealkylation sites (N-methyl/N-ethyl adjacent to an activating group) is 1. The summed E-state index contributed by atoms with van der Waals surface area (Å²) in [5, 5.41) is 38.7. The second-order valence-corrected chi connectivity index (χ2v) is 3.10. The Labute approximate surface area is 86.3 Å². The van der Waals surface area contributed by atoms with E-state index < -0.39 is 36.1 Å². The molecule has 88 valence electrons. The highest BCUT2D eigenvalue weighted by Gasteiger charge is 2.35. The van der Waals surface area contributed by atoms with Crippen molar-refractivity contribution in [2.75, 3.05) is 7.05 Å². The molecule has 0 unspecified atom stereocenters. The molecule has 7 nitrogen and oxygen atoms in total. The number of aliphatic hydroxyl groups is 4. The van der Waals surface area contributed by atoms with Crippen LogP contribution >= 0.6 is 0 Å². The molecule has 7 heteroatoms. The van der Waals surface area contributed by atoms with Crippen molar-refractivity contribution in [2.45, 2.75) is 31.3 Å². The number of ketones is 1. The number of carbonyl (C=O) groups is 2. The maximum absolute atomic E-state index is 10.9. The van der Waals surface area contributed by atoms with Gasteiger partial charge in [-0.3, -0.25) is 9.59 Å². The van der Waals surface area contributed by atoms with Crippen molar-refractivity contribution < 1.29 is 30.0 Å². The van der Waals surface area contributed by atoms with Gasteiger partial charge in [0.05, 0.1) is 0 Å². The van der Waals surface area contributed by atoms with E-state index in [0.29, 0.717) is 0 Å². The number of nitrogens with one attached hydrogen (secondary N) is 1. The molecule has 0 fully saturated rings. The molecule has 0 rings (SSSR count). The Balaban J connectivity index is 4.49. The SMILES string of the molecule is CNC(=O)[C@@H](O)[C@H](O)[C@@H](O)[C@@H](O)C(C)=O. The fourth-order valence-corrected chi connectivity index (χ4v) is 0.917. The van der Waals surface area contributed by atoms with Gasteiger partial charge in [0.2, 0.25) is 0 Å². The van der Waals surface area contributed by atoms with Crippen molar-refractivity contribution >= 4 is 11.7 Å². The molecule has 15 heavy (non-hydrogen) atoms. The van der Waals surface area contributed by atoms with Crippen LogP contribution in [0.15, 0.2) is 0 Å². The summed E-state index contributed by atoms with van der Waals surface area (Å²) >= 11 is 0. The number of carbonyl (C=O) groups excluding carboxylic acids is 2. The van der Waals surface area contributed by atoms with Gasteiger partial charge in [0.15, 0.2) is 11.9 Å². The number of Topliss-reactive ketones (excluding diaryl/α,β-unsaturated/α-hetero) is 1. The molecule has 0 aromatic rings. The Morgan fingerprint density at radius 3 is 1.73 bits per heavy atom. The van der Waals surface area contributed by atoms with Crippen molar-refractivity contribution in [1.82, 2.24) is 5.32 Å². The fourth-order valence-electron chi connectivity index (χ4n) is 0.917. The van der Waals surface area contributed by atoms with E-state index in [2.05, 4.69) is 0 Å². The summed E-state index contributed by atoms with van der Waals surface area (Å²) in [6, 6.07) is 0. The van der Waals surface area contributed by atoms with Crippen molar-refractivity contribution in [2.24, 2.45) is 0 Å². The number of hydrogen-bond donors (Lipinski definition) is 5. The minimum atomic E-state index is -1.93. The van der Waals surface area contributed by atoms with E-state index in [1.807, 2.05) is 5.32 Å². The van der Waals surface area contributed by atoms with Gasteiger partial charge in [0, 0.05) is 7.05 Å². The molecule has 0 aliphatic rings. The Morgan fingerprint density at radius 2 is 1.40 bits per heavy atom. The van der Waals surface area contributed by atoms with Gasteiger partial charge in [0.1, 0.15) is 18.3 Å². The largest absolute Gasteiger partial charge is 0.387 e. The number of rotatable bonds is 5. The normalized spacial score (nSPS) is 18.8. The molecule has 5 N–H and O–H groups in total. The van der Waals surface area contributed by atoms with E-state index in [9.17, 15) is 19.8 Å². The highest BCUT2D eigenvalue weighted by Crippen LogP contribution is 2.06. The molecule has 0 spiro atoms. The maximum Gasteiger partial charge on any atom is 0.251 e. The summed E-state index contributed by atoms with van der Waals surface area (Å²) in [6.07, 6.45) is -7.57. The summed E-state index contributed by atoms with van der Waals surface area (Å²) < 4.78 is 0. The fraction of sp³-hybridized carbons (Fsp3) is 0.750. The van der Waals surface area contributed by atoms with Crippen LogP contribution in [0.25, 0.3) is 0 Å². The monoisotopic (exact) mass is 221 g/mol. The van der Waals surface area contributed by atoms with Crippen LogP contribution in [-0.4, -0.2) is 63.6 Å². The first-order valence-corrected chi connectivity index (χ1v) is 4.27. The van der Waals surface area contributed by atoms with Gasteiger partial charge in [-0.2, -0.15) is 0 Å². The van der Waals surface area contributed by atoms with Gasteiger partial charge in [-0.05, 0) is 6.92 Å². The maximum atomic E-state index is 10.9. The molecule has 0 saturated heterocycles. The third-order valence-electron chi connectivity index (χ3n) is 1.93. The van der Waals surface area contributed by atoms with E-state index in [4.69, 9.17) is 10.2 Å². The van der Waals surface area contributed by atoms with Crippen LogP contribution in [0.5, 0.6) is 0 Å². The van der Waals surface area contributed by atoms with Gasteiger partial charge in [0.25, 0.3) is 5.91 Å². The molecule has 1 amide bonds. The van der Waals surface area contributed by atoms with Crippen molar-refractivity contribution in [1.29, 1.82) is 0 Å². The molecule has 0 aromatic carbocycles. The first kappa shape index (κ1) is 14.0. The van der Waals surface area contributed by atoms with Gasteiger partial charge >= 0.3 is 0 Å². The molecule has 0 saturated carbocycles. The summed E-state index contributed by atoms with van der Waals surface area (Å²) in [5.74, 6) is -1.69. The van der Waals surface area contributed by atoms with Crippen LogP contribution in [0.1, 0.15) is 6.92 Å². The minimum Gasteiger partial charge on any atom is -0.387 e. The van der Waals surface area contributed by atoms with Crippen molar-refractivity contribution in [3.8, 4) is 0 Å². The summed E-state index contributed by atoms with van der Waals surface area (Å²) in [5.41, 5.74) is 0. The van der Waals surface area contributed by atoms with Crippen LogP contribution in [-0.2, 0) is 9.59 Å². The molecule has 4 atom stereocenters. The number of aliphatic hydroxyl groups excluding tert-OH is 4. The summed E-state index contributed by atoms with van der Waals surface area (Å²) in [7, 11) is 1.23. The first-order valence-electron chi connectivity index (χ1n) is 4.27. The second kappa shape index (κ2) is 5.76. The molecule has 0 aliphatic heterocycles. The lowest BCUT2D eigenvalue weighted by Gasteiger charge is -2.24. The average Bonchev–Trinajstić information content (AvgIpc) is 2.23. The third kappa shape index (κ3) is 3.56. The number of hydrogen-bond acceptors (Lipinski definition) is 6.